The number of carbonyl (C=O) groups excluding carboxylic acids is 1. The SMILES string of the molecule is CC(CNC(=O)C1CC(F)(F)CN1)N1CCc2ccccc21. The van der Waals surface area contributed by atoms with E-state index in [0.717, 1.165) is 13.0 Å². The molecule has 0 aliphatic carbocycles. The summed E-state index contributed by atoms with van der Waals surface area (Å²) in [7, 11) is 0. The quantitative estimate of drug-likeness (QED) is 0.887. The zero-order valence-electron chi connectivity index (χ0n) is 12.6. The van der Waals surface area contributed by atoms with Gasteiger partial charge in [0.1, 0.15) is 0 Å². The van der Waals surface area contributed by atoms with Gasteiger partial charge in [0.15, 0.2) is 0 Å². The molecule has 1 aromatic rings. The molecule has 2 N–H and O–H groups in total. The largest absolute Gasteiger partial charge is 0.366 e. The van der Waals surface area contributed by atoms with Gasteiger partial charge in [-0.15, -0.1) is 0 Å². The molecule has 1 fully saturated rings. The highest BCUT2D eigenvalue weighted by molar-refractivity contribution is 5.82. The van der Waals surface area contributed by atoms with Crippen molar-refractivity contribution in [3.8, 4) is 0 Å². The van der Waals surface area contributed by atoms with Crippen LogP contribution in [0, 0.1) is 0 Å². The lowest BCUT2D eigenvalue weighted by Gasteiger charge is -2.28. The Morgan fingerprint density at radius 1 is 1.50 bits per heavy atom. The normalized spacial score (nSPS) is 24.1. The van der Waals surface area contributed by atoms with Crippen LogP contribution in [0.15, 0.2) is 24.3 Å². The van der Waals surface area contributed by atoms with Gasteiger partial charge in [-0.2, -0.15) is 0 Å². The predicted octanol–water partition coefficient (Wildman–Crippen LogP) is 1.55. The number of halogens is 2. The molecule has 1 amide bonds. The zero-order valence-corrected chi connectivity index (χ0v) is 12.6. The Bertz CT molecular complexity index is 564. The first-order chi connectivity index (χ1) is 10.5. The third-order valence-electron chi connectivity index (χ3n) is 4.45. The van der Waals surface area contributed by atoms with Crippen molar-refractivity contribution in [3.63, 3.8) is 0 Å². The predicted molar refractivity (Wildman–Crippen MR) is 81.3 cm³/mol. The number of hydrogen-bond donors (Lipinski definition) is 2. The van der Waals surface area contributed by atoms with Gasteiger partial charge in [0, 0.05) is 31.2 Å². The molecule has 0 saturated carbocycles. The van der Waals surface area contributed by atoms with Gasteiger partial charge in [0.05, 0.1) is 12.6 Å². The Morgan fingerprint density at radius 2 is 2.27 bits per heavy atom. The van der Waals surface area contributed by atoms with Crippen LogP contribution in [-0.4, -0.2) is 43.5 Å². The molecule has 0 bridgehead atoms. The molecule has 2 heterocycles. The number of nitrogens with zero attached hydrogens (tertiary/aromatic N) is 1. The lowest BCUT2D eigenvalue weighted by Crippen LogP contribution is -2.46. The molecule has 1 aromatic carbocycles. The van der Waals surface area contributed by atoms with E-state index in [2.05, 4.69) is 27.7 Å². The Kier molecular flexibility index (Phi) is 4.04. The molecular weight excluding hydrogens is 288 g/mol. The average Bonchev–Trinajstić information content (AvgIpc) is 3.07. The Labute approximate surface area is 128 Å². The third-order valence-corrected chi connectivity index (χ3v) is 4.45. The molecule has 22 heavy (non-hydrogen) atoms. The monoisotopic (exact) mass is 309 g/mol. The van der Waals surface area contributed by atoms with Crippen molar-refractivity contribution in [1.82, 2.24) is 10.6 Å². The molecule has 1 saturated heterocycles. The van der Waals surface area contributed by atoms with E-state index < -0.39 is 24.9 Å². The molecule has 2 aliphatic heterocycles. The summed E-state index contributed by atoms with van der Waals surface area (Å²) in [6.45, 7) is 3.01. The molecule has 2 aliphatic rings. The topological polar surface area (TPSA) is 44.4 Å². The van der Waals surface area contributed by atoms with Gasteiger partial charge in [0.25, 0.3) is 5.92 Å². The summed E-state index contributed by atoms with van der Waals surface area (Å²) in [6, 6.07) is 7.58. The van der Waals surface area contributed by atoms with Crippen molar-refractivity contribution in [3.05, 3.63) is 29.8 Å². The molecular formula is C16H21F2N3O. The fourth-order valence-corrected chi connectivity index (χ4v) is 3.20. The maximum atomic E-state index is 13.1. The van der Waals surface area contributed by atoms with Gasteiger partial charge in [-0.3, -0.25) is 10.1 Å². The van der Waals surface area contributed by atoms with Gasteiger partial charge in [-0.25, -0.2) is 8.78 Å². The number of rotatable bonds is 4. The van der Waals surface area contributed by atoms with Gasteiger partial charge >= 0.3 is 0 Å². The molecule has 3 rings (SSSR count). The lowest BCUT2D eigenvalue weighted by atomic mass is 10.1. The molecule has 2 atom stereocenters. The van der Waals surface area contributed by atoms with Crippen LogP contribution in [0.25, 0.3) is 0 Å². The fraction of sp³-hybridized carbons (Fsp3) is 0.562. The summed E-state index contributed by atoms with van der Waals surface area (Å²) in [6.07, 6.45) is 0.588. The fourth-order valence-electron chi connectivity index (χ4n) is 3.20. The van der Waals surface area contributed by atoms with Crippen LogP contribution in [0.5, 0.6) is 0 Å². The molecule has 2 unspecified atom stereocenters. The number of carbonyl (C=O) groups is 1. The minimum Gasteiger partial charge on any atom is -0.366 e. The van der Waals surface area contributed by atoms with Gasteiger partial charge in [0.2, 0.25) is 5.91 Å². The van der Waals surface area contributed by atoms with Crippen molar-refractivity contribution in [1.29, 1.82) is 0 Å². The summed E-state index contributed by atoms with van der Waals surface area (Å²) in [5.74, 6) is -3.11. The summed E-state index contributed by atoms with van der Waals surface area (Å²) in [5.41, 5.74) is 2.52. The van der Waals surface area contributed by atoms with Crippen LogP contribution in [0.3, 0.4) is 0 Å². The Hall–Kier alpha value is -1.69. The van der Waals surface area contributed by atoms with Crippen molar-refractivity contribution in [2.75, 3.05) is 24.5 Å². The first-order valence-corrected chi connectivity index (χ1v) is 7.70. The smallest absolute Gasteiger partial charge is 0.262 e. The standard InChI is InChI=1S/C16H21F2N3O/c1-11(21-7-6-12-4-2-3-5-14(12)21)9-19-15(22)13-8-16(17,18)10-20-13/h2-5,11,13,20H,6-10H2,1H3,(H,19,22). The number of benzene rings is 1. The second-order valence-corrected chi connectivity index (χ2v) is 6.16. The van der Waals surface area contributed by atoms with E-state index in [9.17, 15) is 13.6 Å². The number of nitrogens with one attached hydrogen (secondary N) is 2. The summed E-state index contributed by atoms with van der Waals surface area (Å²) in [4.78, 5) is 14.2. The summed E-state index contributed by atoms with van der Waals surface area (Å²) < 4.78 is 26.2. The second-order valence-electron chi connectivity index (χ2n) is 6.16. The highest BCUT2D eigenvalue weighted by Gasteiger charge is 2.42. The van der Waals surface area contributed by atoms with E-state index in [-0.39, 0.29) is 11.9 Å². The van der Waals surface area contributed by atoms with Crippen molar-refractivity contribution >= 4 is 11.6 Å². The average molecular weight is 309 g/mol. The number of amides is 1. The van der Waals surface area contributed by atoms with Crippen LogP contribution in [0.2, 0.25) is 0 Å². The first kappa shape index (κ1) is 15.2. The number of fused-ring (bicyclic) bond motifs is 1. The van der Waals surface area contributed by atoms with Gasteiger partial charge in [-0.05, 0) is 25.0 Å². The number of alkyl halides is 2. The third kappa shape index (κ3) is 3.06. The summed E-state index contributed by atoms with van der Waals surface area (Å²) in [5, 5.41) is 5.37. The van der Waals surface area contributed by atoms with Crippen LogP contribution in [0.4, 0.5) is 14.5 Å². The van der Waals surface area contributed by atoms with Crippen LogP contribution in [-0.2, 0) is 11.2 Å². The number of hydrogen-bond acceptors (Lipinski definition) is 3. The van der Waals surface area contributed by atoms with Crippen LogP contribution < -0.4 is 15.5 Å². The first-order valence-electron chi connectivity index (χ1n) is 7.70. The minimum atomic E-state index is -2.78. The van der Waals surface area contributed by atoms with Crippen molar-refractivity contribution in [2.45, 2.75) is 37.8 Å². The second kappa shape index (κ2) is 5.83. The molecule has 0 spiro atoms. The maximum absolute atomic E-state index is 13.1. The van der Waals surface area contributed by atoms with E-state index in [1.54, 1.807) is 0 Å². The molecule has 0 radical (unpaired) electrons. The van der Waals surface area contributed by atoms with E-state index in [0.29, 0.717) is 6.54 Å². The van der Waals surface area contributed by atoms with E-state index in [4.69, 9.17) is 0 Å². The van der Waals surface area contributed by atoms with Crippen LogP contribution in [0.1, 0.15) is 18.9 Å². The van der Waals surface area contributed by atoms with Gasteiger partial charge < -0.3 is 10.2 Å². The number of para-hydroxylation sites is 1. The van der Waals surface area contributed by atoms with Crippen LogP contribution >= 0.6 is 0 Å². The maximum Gasteiger partial charge on any atom is 0.262 e. The Morgan fingerprint density at radius 3 is 3.00 bits per heavy atom. The summed E-state index contributed by atoms with van der Waals surface area (Å²) >= 11 is 0. The highest BCUT2D eigenvalue weighted by Crippen LogP contribution is 2.29. The Balaban J connectivity index is 1.53. The zero-order chi connectivity index (χ0) is 15.7. The van der Waals surface area contributed by atoms with Crippen molar-refractivity contribution < 1.29 is 13.6 Å². The molecule has 6 heteroatoms. The van der Waals surface area contributed by atoms with Crippen molar-refractivity contribution in [2.24, 2.45) is 0 Å². The molecule has 0 aromatic heterocycles. The van der Waals surface area contributed by atoms with Gasteiger partial charge in [-0.1, -0.05) is 18.2 Å². The lowest BCUT2D eigenvalue weighted by molar-refractivity contribution is -0.123. The van der Waals surface area contributed by atoms with E-state index in [1.165, 1.54) is 11.3 Å². The minimum absolute atomic E-state index is 0.134. The van der Waals surface area contributed by atoms with E-state index >= 15 is 0 Å². The highest BCUT2D eigenvalue weighted by atomic mass is 19.3. The molecule has 120 valence electrons. The van der Waals surface area contributed by atoms with E-state index in [1.807, 2.05) is 19.1 Å². The molecule has 4 nitrogen and oxygen atoms in total. The number of anilines is 1.